The lowest BCUT2D eigenvalue weighted by atomic mass is 9.78. The minimum atomic E-state index is -0.684. The van der Waals surface area contributed by atoms with E-state index in [4.69, 9.17) is 0 Å². The van der Waals surface area contributed by atoms with Crippen LogP contribution in [0.5, 0.6) is 0 Å². The average Bonchev–Trinajstić information content (AvgIpc) is 2.72. The molecule has 4 aromatic rings. The lowest BCUT2D eigenvalue weighted by molar-refractivity contribution is 0.607. The molecule has 0 bridgehead atoms. The van der Waals surface area contributed by atoms with Crippen LogP contribution in [0.3, 0.4) is 0 Å². The molecule has 3 aromatic carbocycles. The number of aromatic nitrogens is 1. The van der Waals surface area contributed by atoms with Crippen molar-refractivity contribution in [3.05, 3.63) is 93.8 Å². The molecule has 1 unspecified atom stereocenters. The van der Waals surface area contributed by atoms with Crippen LogP contribution in [-0.4, -0.2) is 4.98 Å². The first-order valence-corrected chi connectivity index (χ1v) is 9.58. The Labute approximate surface area is 164 Å². The SMILES string of the molecule is CCc1cc2ccc(C(C)(C#N)Cc3ccc4ccccc4c3)cc2[nH]c1=O. The maximum absolute atomic E-state index is 12.2. The van der Waals surface area contributed by atoms with Gasteiger partial charge in [0, 0.05) is 11.1 Å². The van der Waals surface area contributed by atoms with Crippen molar-refractivity contribution in [3.63, 3.8) is 0 Å². The fourth-order valence-electron chi connectivity index (χ4n) is 3.82. The highest BCUT2D eigenvalue weighted by atomic mass is 16.1. The third kappa shape index (κ3) is 3.18. The Bertz CT molecular complexity index is 1280. The lowest BCUT2D eigenvalue weighted by Crippen LogP contribution is -2.23. The molecule has 0 aliphatic heterocycles. The van der Waals surface area contributed by atoms with E-state index in [1.165, 1.54) is 10.8 Å². The van der Waals surface area contributed by atoms with E-state index in [2.05, 4.69) is 41.4 Å². The van der Waals surface area contributed by atoms with Gasteiger partial charge in [-0.25, -0.2) is 0 Å². The first-order valence-electron chi connectivity index (χ1n) is 9.58. The molecule has 1 aromatic heterocycles. The van der Waals surface area contributed by atoms with Crippen LogP contribution >= 0.6 is 0 Å². The van der Waals surface area contributed by atoms with Crippen LogP contribution in [0.25, 0.3) is 21.7 Å². The molecule has 0 amide bonds. The molecule has 4 rings (SSSR count). The zero-order chi connectivity index (χ0) is 19.7. The largest absolute Gasteiger partial charge is 0.322 e. The summed E-state index contributed by atoms with van der Waals surface area (Å²) in [6, 6.07) is 25.0. The van der Waals surface area contributed by atoms with Gasteiger partial charge in [0.15, 0.2) is 0 Å². The van der Waals surface area contributed by atoms with Crippen molar-refractivity contribution < 1.29 is 0 Å². The number of nitrogens with zero attached hydrogens (tertiary/aromatic N) is 1. The van der Waals surface area contributed by atoms with Gasteiger partial charge in [-0.1, -0.05) is 61.5 Å². The minimum Gasteiger partial charge on any atom is -0.322 e. The van der Waals surface area contributed by atoms with E-state index in [1.54, 1.807) is 0 Å². The first kappa shape index (κ1) is 18.0. The number of hydrogen-bond donors (Lipinski definition) is 1. The van der Waals surface area contributed by atoms with Crippen LogP contribution < -0.4 is 5.56 Å². The van der Waals surface area contributed by atoms with Crippen LogP contribution in [0.15, 0.2) is 71.5 Å². The molecule has 0 fully saturated rings. The number of hydrogen-bond acceptors (Lipinski definition) is 2. The van der Waals surface area contributed by atoms with Crippen molar-refractivity contribution in [1.29, 1.82) is 5.26 Å². The molecule has 28 heavy (non-hydrogen) atoms. The summed E-state index contributed by atoms with van der Waals surface area (Å²) in [5.41, 5.74) is 2.85. The van der Waals surface area contributed by atoms with Gasteiger partial charge < -0.3 is 4.98 Å². The van der Waals surface area contributed by atoms with E-state index >= 15 is 0 Å². The van der Waals surface area contributed by atoms with Crippen LogP contribution in [0.2, 0.25) is 0 Å². The molecule has 0 saturated carbocycles. The highest BCUT2D eigenvalue weighted by Crippen LogP contribution is 2.30. The number of nitriles is 1. The van der Waals surface area contributed by atoms with Gasteiger partial charge in [-0.2, -0.15) is 5.26 Å². The van der Waals surface area contributed by atoms with E-state index in [0.29, 0.717) is 12.8 Å². The Morgan fingerprint density at radius 3 is 2.46 bits per heavy atom. The molecule has 3 heteroatoms. The molecular weight excluding hydrogens is 344 g/mol. The number of pyridine rings is 1. The molecule has 138 valence electrons. The van der Waals surface area contributed by atoms with Crippen molar-refractivity contribution in [2.24, 2.45) is 0 Å². The van der Waals surface area contributed by atoms with Crippen molar-refractivity contribution in [2.75, 3.05) is 0 Å². The highest BCUT2D eigenvalue weighted by Gasteiger charge is 2.27. The van der Waals surface area contributed by atoms with E-state index in [0.717, 1.165) is 27.6 Å². The lowest BCUT2D eigenvalue weighted by Gasteiger charge is -2.23. The Hall–Kier alpha value is -3.38. The number of fused-ring (bicyclic) bond motifs is 2. The molecule has 0 aliphatic carbocycles. The number of H-pyrrole nitrogens is 1. The third-order valence-corrected chi connectivity index (χ3v) is 5.56. The summed E-state index contributed by atoms with van der Waals surface area (Å²) < 4.78 is 0. The highest BCUT2D eigenvalue weighted by molar-refractivity contribution is 5.83. The average molecular weight is 366 g/mol. The van der Waals surface area contributed by atoms with Crippen LogP contribution in [0.4, 0.5) is 0 Å². The number of benzene rings is 3. The Balaban J connectivity index is 1.75. The smallest absolute Gasteiger partial charge is 0.251 e. The van der Waals surface area contributed by atoms with Crippen molar-refractivity contribution in [1.82, 2.24) is 4.98 Å². The summed E-state index contributed by atoms with van der Waals surface area (Å²) in [7, 11) is 0. The Morgan fingerprint density at radius 2 is 1.71 bits per heavy atom. The van der Waals surface area contributed by atoms with Gasteiger partial charge in [0.2, 0.25) is 0 Å². The normalized spacial score (nSPS) is 13.3. The standard InChI is InChI=1S/C25H22N2O/c1-3-18-13-21-10-11-22(14-23(21)27-24(18)28)25(2,16-26)15-17-8-9-19-6-4-5-7-20(19)12-17/h4-14H,3,15H2,1-2H3,(H,27,28). The maximum atomic E-state index is 12.2. The second-order valence-electron chi connectivity index (χ2n) is 7.58. The molecule has 0 spiro atoms. The topological polar surface area (TPSA) is 56.6 Å². The van der Waals surface area contributed by atoms with Gasteiger partial charge in [-0.05, 0) is 59.2 Å². The van der Waals surface area contributed by atoms with Gasteiger partial charge in [-0.3, -0.25) is 4.79 Å². The molecule has 0 saturated heterocycles. The molecule has 0 aliphatic rings. The third-order valence-electron chi connectivity index (χ3n) is 5.56. The molecule has 3 nitrogen and oxygen atoms in total. The predicted molar refractivity (Wildman–Crippen MR) is 115 cm³/mol. The summed E-state index contributed by atoms with van der Waals surface area (Å²) in [5, 5.41) is 13.4. The zero-order valence-corrected chi connectivity index (χ0v) is 16.1. The first-order chi connectivity index (χ1) is 13.5. The van der Waals surface area contributed by atoms with Gasteiger partial charge in [0.1, 0.15) is 0 Å². The van der Waals surface area contributed by atoms with Gasteiger partial charge in [-0.15, -0.1) is 0 Å². The Morgan fingerprint density at radius 1 is 0.964 bits per heavy atom. The number of rotatable bonds is 4. The molecule has 1 N–H and O–H groups in total. The zero-order valence-electron chi connectivity index (χ0n) is 16.1. The van der Waals surface area contributed by atoms with Crippen LogP contribution in [-0.2, 0) is 18.3 Å². The van der Waals surface area contributed by atoms with E-state index in [9.17, 15) is 10.1 Å². The fraction of sp³-hybridized carbons (Fsp3) is 0.200. The minimum absolute atomic E-state index is 0.0552. The second-order valence-corrected chi connectivity index (χ2v) is 7.58. The molecular formula is C25H22N2O. The predicted octanol–water partition coefficient (Wildman–Crippen LogP) is 5.27. The van der Waals surface area contributed by atoms with Crippen LogP contribution in [0.1, 0.15) is 30.5 Å². The summed E-state index contributed by atoms with van der Waals surface area (Å²) in [6.07, 6.45) is 1.31. The van der Waals surface area contributed by atoms with Gasteiger partial charge in [0.25, 0.3) is 5.56 Å². The maximum Gasteiger partial charge on any atom is 0.251 e. The summed E-state index contributed by atoms with van der Waals surface area (Å²) >= 11 is 0. The van der Waals surface area contributed by atoms with Gasteiger partial charge >= 0.3 is 0 Å². The van der Waals surface area contributed by atoms with Crippen LogP contribution in [0, 0.1) is 11.3 Å². The molecule has 1 heterocycles. The summed E-state index contributed by atoms with van der Waals surface area (Å²) in [4.78, 5) is 15.2. The number of aryl methyl sites for hydroxylation is 1. The van der Waals surface area contributed by atoms with Crippen molar-refractivity contribution >= 4 is 21.7 Å². The number of nitrogens with one attached hydrogen (secondary N) is 1. The van der Waals surface area contributed by atoms with E-state index in [-0.39, 0.29) is 5.56 Å². The Kier molecular flexibility index (Phi) is 4.49. The van der Waals surface area contributed by atoms with Crippen molar-refractivity contribution in [3.8, 4) is 6.07 Å². The van der Waals surface area contributed by atoms with E-state index < -0.39 is 5.41 Å². The number of aromatic amines is 1. The van der Waals surface area contributed by atoms with E-state index in [1.807, 2.05) is 50.2 Å². The monoisotopic (exact) mass is 366 g/mol. The summed E-state index contributed by atoms with van der Waals surface area (Å²) in [6.45, 7) is 3.93. The fourth-order valence-corrected chi connectivity index (χ4v) is 3.82. The molecule has 1 atom stereocenters. The van der Waals surface area contributed by atoms with Crippen molar-refractivity contribution in [2.45, 2.75) is 32.1 Å². The van der Waals surface area contributed by atoms with Gasteiger partial charge in [0.05, 0.1) is 11.5 Å². The molecule has 0 radical (unpaired) electrons. The second kappa shape index (κ2) is 6.98. The quantitative estimate of drug-likeness (QED) is 0.535. The summed E-state index contributed by atoms with van der Waals surface area (Å²) in [5.74, 6) is 0.